The summed E-state index contributed by atoms with van der Waals surface area (Å²) >= 11 is 0. The van der Waals surface area contributed by atoms with Crippen LogP contribution in [0.15, 0.2) is 60.3 Å². The molecule has 2 N–H and O–H groups in total. The van der Waals surface area contributed by atoms with E-state index in [1.807, 2.05) is 42.5 Å². The maximum absolute atomic E-state index is 12.0. The summed E-state index contributed by atoms with van der Waals surface area (Å²) in [4.78, 5) is 16.4. The van der Waals surface area contributed by atoms with E-state index in [0.29, 0.717) is 12.2 Å². The summed E-state index contributed by atoms with van der Waals surface area (Å²) in [6.07, 6.45) is 10.7. The molecule has 4 heteroatoms. The largest absolute Gasteiger partial charge is 0.383 e. The van der Waals surface area contributed by atoms with E-state index in [-0.39, 0.29) is 5.91 Å². The highest BCUT2D eigenvalue weighted by Crippen LogP contribution is 2.20. The van der Waals surface area contributed by atoms with Gasteiger partial charge in [0, 0.05) is 6.54 Å². The average Bonchev–Trinajstić information content (AvgIpc) is 2.65. The van der Waals surface area contributed by atoms with E-state index in [2.05, 4.69) is 21.7 Å². The molecule has 1 aliphatic carbocycles. The summed E-state index contributed by atoms with van der Waals surface area (Å²) < 4.78 is 0. The first-order valence-corrected chi connectivity index (χ1v) is 9.01. The van der Waals surface area contributed by atoms with Crippen molar-refractivity contribution < 1.29 is 4.79 Å². The molecule has 25 heavy (non-hydrogen) atoms. The molecule has 1 aromatic carbocycles. The van der Waals surface area contributed by atoms with Gasteiger partial charge in [-0.3, -0.25) is 4.79 Å². The molecule has 130 valence electrons. The van der Waals surface area contributed by atoms with Gasteiger partial charge in [0.05, 0.1) is 18.3 Å². The highest BCUT2D eigenvalue weighted by Gasteiger charge is 2.05. The molecular formula is C21H25N3O. The number of hydrogen-bond donors (Lipinski definition) is 2. The van der Waals surface area contributed by atoms with Gasteiger partial charge in [0.25, 0.3) is 0 Å². The van der Waals surface area contributed by atoms with Gasteiger partial charge < -0.3 is 10.6 Å². The lowest BCUT2D eigenvalue weighted by atomic mass is 9.97. The molecular weight excluding hydrogens is 310 g/mol. The van der Waals surface area contributed by atoms with E-state index >= 15 is 0 Å². The molecule has 0 unspecified atom stereocenters. The van der Waals surface area contributed by atoms with E-state index < -0.39 is 0 Å². The van der Waals surface area contributed by atoms with Crippen LogP contribution in [0, 0.1) is 0 Å². The van der Waals surface area contributed by atoms with Gasteiger partial charge in [-0.15, -0.1) is 0 Å². The summed E-state index contributed by atoms with van der Waals surface area (Å²) in [6, 6.07) is 13.5. The van der Waals surface area contributed by atoms with Gasteiger partial charge in [-0.2, -0.15) is 0 Å². The zero-order valence-electron chi connectivity index (χ0n) is 14.5. The minimum absolute atomic E-state index is 0.0522. The number of benzene rings is 1. The number of carbonyl (C=O) groups is 1. The third-order valence-corrected chi connectivity index (χ3v) is 4.40. The Hall–Kier alpha value is -2.62. The highest BCUT2D eigenvalue weighted by atomic mass is 16.1. The monoisotopic (exact) mass is 335 g/mol. The Kier molecular flexibility index (Phi) is 6.21. The first-order valence-electron chi connectivity index (χ1n) is 9.01. The van der Waals surface area contributed by atoms with Crippen LogP contribution in [-0.4, -0.2) is 17.4 Å². The van der Waals surface area contributed by atoms with Crippen molar-refractivity contribution in [3.63, 3.8) is 0 Å². The van der Waals surface area contributed by atoms with Crippen molar-refractivity contribution in [3.05, 3.63) is 65.9 Å². The Bertz CT molecular complexity index is 708. The van der Waals surface area contributed by atoms with E-state index in [1.54, 1.807) is 11.8 Å². The predicted octanol–water partition coefficient (Wildman–Crippen LogP) is 4.57. The van der Waals surface area contributed by atoms with Crippen LogP contribution in [0.2, 0.25) is 0 Å². The lowest BCUT2D eigenvalue weighted by Gasteiger charge is -2.13. The molecule has 1 amide bonds. The van der Waals surface area contributed by atoms with E-state index in [4.69, 9.17) is 0 Å². The molecule has 0 spiro atoms. The van der Waals surface area contributed by atoms with Crippen LogP contribution in [0.1, 0.15) is 37.7 Å². The third-order valence-electron chi connectivity index (χ3n) is 4.40. The number of pyridine rings is 1. The molecule has 2 aromatic rings. The van der Waals surface area contributed by atoms with E-state index in [0.717, 1.165) is 24.2 Å². The van der Waals surface area contributed by atoms with Crippen LogP contribution in [-0.2, 0) is 11.2 Å². The minimum Gasteiger partial charge on any atom is -0.383 e. The molecule has 1 aromatic heterocycles. The Morgan fingerprint density at radius 2 is 1.96 bits per heavy atom. The topological polar surface area (TPSA) is 54.0 Å². The molecule has 4 nitrogen and oxygen atoms in total. The van der Waals surface area contributed by atoms with Crippen LogP contribution >= 0.6 is 0 Å². The summed E-state index contributed by atoms with van der Waals surface area (Å²) in [6.45, 7) is 0.924. The Labute approximate surface area is 149 Å². The van der Waals surface area contributed by atoms with Gasteiger partial charge in [0.15, 0.2) is 0 Å². The molecule has 0 saturated carbocycles. The molecule has 0 atom stereocenters. The second kappa shape index (κ2) is 9.02. The van der Waals surface area contributed by atoms with Crippen molar-refractivity contribution in [2.75, 3.05) is 17.2 Å². The van der Waals surface area contributed by atoms with Crippen LogP contribution in [0.3, 0.4) is 0 Å². The summed E-state index contributed by atoms with van der Waals surface area (Å²) in [5.74, 6) is 0.533. The second-order valence-corrected chi connectivity index (χ2v) is 6.43. The lowest BCUT2D eigenvalue weighted by Crippen LogP contribution is -2.15. The number of amides is 1. The number of rotatable bonds is 7. The lowest BCUT2D eigenvalue weighted by molar-refractivity contribution is -0.115. The number of nitrogens with one attached hydrogen (secondary N) is 2. The standard InChI is InChI=1S/C21H25N3O/c25-21(15-18-9-5-2-6-10-18)24-20-12-11-19(16-23-20)22-14-13-17-7-3-1-4-8-17/h2,5-7,9-12,16,22H,1,3-4,8,13-15H2,(H,23,24,25). The van der Waals surface area contributed by atoms with Crippen molar-refractivity contribution in [1.29, 1.82) is 0 Å². The molecule has 1 heterocycles. The van der Waals surface area contributed by atoms with Crippen molar-refractivity contribution in [2.24, 2.45) is 0 Å². The van der Waals surface area contributed by atoms with Gasteiger partial charge >= 0.3 is 0 Å². The van der Waals surface area contributed by atoms with E-state index in [1.165, 1.54) is 25.7 Å². The molecule has 0 aliphatic heterocycles. The Morgan fingerprint density at radius 1 is 1.08 bits per heavy atom. The quantitative estimate of drug-likeness (QED) is 0.729. The summed E-state index contributed by atoms with van der Waals surface area (Å²) in [5.41, 5.74) is 3.55. The fraction of sp³-hybridized carbons (Fsp3) is 0.333. The Balaban J connectivity index is 1.43. The molecule has 0 bridgehead atoms. The van der Waals surface area contributed by atoms with Crippen molar-refractivity contribution in [3.8, 4) is 0 Å². The molecule has 3 rings (SSSR count). The van der Waals surface area contributed by atoms with Crippen LogP contribution < -0.4 is 10.6 Å². The first-order chi connectivity index (χ1) is 12.3. The highest BCUT2D eigenvalue weighted by molar-refractivity contribution is 5.91. The fourth-order valence-corrected chi connectivity index (χ4v) is 3.04. The smallest absolute Gasteiger partial charge is 0.229 e. The van der Waals surface area contributed by atoms with Crippen molar-refractivity contribution >= 4 is 17.4 Å². The van der Waals surface area contributed by atoms with Crippen molar-refractivity contribution in [2.45, 2.75) is 38.5 Å². The maximum atomic E-state index is 12.0. The molecule has 1 aliphatic rings. The van der Waals surface area contributed by atoms with Gasteiger partial charge in [0.2, 0.25) is 5.91 Å². The fourth-order valence-electron chi connectivity index (χ4n) is 3.04. The Morgan fingerprint density at radius 3 is 2.68 bits per heavy atom. The normalized spacial score (nSPS) is 13.8. The van der Waals surface area contributed by atoms with Gasteiger partial charge in [0.1, 0.15) is 5.82 Å². The zero-order chi connectivity index (χ0) is 17.3. The van der Waals surface area contributed by atoms with Crippen LogP contribution in [0.4, 0.5) is 11.5 Å². The van der Waals surface area contributed by atoms with Gasteiger partial charge in [-0.05, 0) is 49.8 Å². The first kappa shape index (κ1) is 17.2. The number of carbonyl (C=O) groups excluding carboxylic acids is 1. The van der Waals surface area contributed by atoms with Crippen LogP contribution in [0.25, 0.3) is 0 Å². The summed E-state index contributed by atoms with van der Waals surface area (Å²) in [5, 5.41) is 6.23. The van der Waals surface area contributed by atoms with Gasteiger partial charge in [-0.1, -0.05) is 42.0 Å². The number of anilines is 2. The zero-order valence-corrected chi connectivity index (χ0v) is 14.5. The number of allylic oxidation sites excluding steroid dienone is 1. The second-order valence-electron chi connectivity index (χ2n) is 6.43. The predicted molar refractivity (Wildman–Crippen MR) is 103 cm³/mol. The number of aromatic nitrogens is 1. The SMILES string of the molecule is O=C(Cc1ccccc1)Nc1ccc(NCCC2=CCCCC2)cn1. The maximum Gasteiger partial charge on any atom is 0.229 e. The van der Waals surface area contributed by atoms with Crippen LogP contribution in [0.5, 0.6) is 0 Å². The number of hydrogen-bond acceptors (Lipinski definition) is 3. The summed E-state index contributed by atoms with van der Waals surface area (Å²) in [7, 11) is 0. The van der Waals surface area contributed by atoms with Crippen molar-refractivity contribution in [1.82, 2.24) is 4.98 Å². The van der Waals surface area contributed by atoms with Gasteiger partial charge in [-0.25, -0.2) is 4.98 Å². The molecule has 0 saturated heterocycles. The minimum atomic E-state index is -0.0522. The number of nitrogens with zero attached hydrogens (tertiary/aromatic N) is 1. The average molecular weight is 335 g/mol. The molecule has 0 radical (unpaired) electrons. The third kappa shape index (κ3) is 5.75. The van der Waals surface area contributed by atoms with E-state index in [9.17, 15) is 4.79 Å². The molecule has 0 fully saturated rings.